The summed E-state index contributed by atoms with van der Waals surface area (Å²) in [5, 5.41) is 3.12. The fourth-order valence-electron chi connectivity index (χ4n) is 2.42. The van der Waals surface area contributed by atoms with Crippen LogP contribution in [0.1, 0.15) is 24.8 Å². The summed E-state index contributed by atoms with van der Waals surface area (Å²) in [6.45, 7) is 2.05. The van der Waals surface area contributed by atoms with Gasteiger partial charge in [-0.05, 0) is 31.4 Å². The summed E-state index contributed by atoms with van der Waals surface area (Å²) in [7, 11) is 0. The van der Waals surface area contributed by atoms with E-state index >= 15 is 0 Å². The maximum absolute atomic E-state index is 12.2. The van der Waals surface area contributed by atoms with Gasteiger partial charge in [-0.2, -0.15) is 0 Å². The van der Waals surface area contributed by atoms with Gasteiger partial charge in [0.25, 0.3) is 0 Å². The Labute approximate surface area is 99.8 Å². The van der Waals surface area contributed by atoms with E-state index in [-0.39, 0.29) is 11.3 Å². The molecule has 0 aromatic heterocycles. The van der Waals surface area contributed by atoms with Crippen molar-refractivity contribution >= 4 is 23.4 Å². The van der Waals surface area contributed by atoms with Gasteiger partial charge in [0.15, 0.2) is 0 Å². The first-order chi connectivity index (χ1) is 7.71. The minimum atomic E-state index is -0.0733. The number of rotatable bonds is 0. The van der Waals surface area contributed by atoms with Crippen LogP contribution in [0.5, 0.6) is 0 Å². The highest BCUT2D eigenvalue weighted by atomic mass is 32.2. The second kappa shape index (κ2) is 3.52. The summed E-state index contributed by atoms with van der Waals surface area (Å²) >= 11 is 1.83. The van der Waals surface area contributed by atoms with Crippen molar-refractivity contribution in [1.82, 2.24) is 0 Å². The SMILES string of the molecule is Cc1cccc2c1NC(=O)C1(CCC1)CS2. The van der Waals surface area contributed by atoms with Crippen LogP contribution in [0.2, 0.25) is 0 Å². The third-order valence-electron chi connectivity index (χ3n) is 3.77. The van der Waals surface area contributed by atoms with E-state index in [9.17, 15) is 4.79 Å². The second-order valence-electron chi connectivity index (χ2n) is 4.82. The lowest BCUT2D eigenvalue weighted by Gasteiger charge is -2.38. The molecule has 16 heavy (non-hydrogen) atoms. The Balaban J connectivity index is 2.00. The number of thioether (sulfide) groups is 1. The van der Waals surface area contributed by atoms with Crippen molar-refractivity contribution < 1.29 is 4.79 Å². The van der Waals surface area contributed by atoms with Gasteiger partial charge in [0.1, 0.15) is 0 Å². The van der Waals surface area contributed by atoms with Crippen LogP contribution in [0.3, 0.4) is 0 Å². The lowest BCUT2D eigenvalue weighted by molar-refractivity contribution is -0.128. The number of hydrogen-bond donors (Lipinski definition) is 1. The lowest BCUT2D eigenvalue weighted by Crippen LogP contribution is -2.43. The first-order valence-corrected chi connectivity index (χ1v) is 6.74. The molecule has 0 unspecified atom stereocenters. The fraction of sp³-hybridized carbons (Fsp3) is 0.462. The average molecular weight is 233 g/mol. The van der Waals surface area contributed by atoms with Crippen LogP contribution in [0.4, 0.5) is 5.69 Å². The van der Waals surface area contributed by atoms with Gasteiger partial charge >= 0.3 is 0 Å². The summed E-state index contributed by atoms with van der Waals surface area (Å²) in [4.78, 5) is 13.4. The molecule has 1 saturated carbocycles. The Morgan fingerprint density at radius 3 is 2.88 bits per heavy atom. The van der Waals surface area contributed by atoms with Crippen molar-refractivity contribution in [1.29, 1.82) is 0 Å². The summed E-state index contributed by atoms with van der Waals surface area (Å²) < 4.78 is 0. The Morgan fingerprint density at radius 2 is 2.19 bits per heavy atom. The van der Waals surface area contributed by atoms with Crippen LogP contribution in [0.15, 0.2) is 23.1 Å². The van der Waals surface area contributed by atoms with E-state index in [1.165, 1.54) is 11.3 Å². The molecule has 3 heteroatoms. The van der Waals surface area contributed by atoms with E-state index in [0.29, 0.717) is 0 Å². The van der Waals surface area contributed by atoms with Gasteiger partial charge < -0.3 is 5.32 Å². The van der Waals surface area contributed by atoms with Crippen molar-refractivity contribution in [3.63, 3.8) is 0 Å². The minimum absolute atomic E-state index is 0.0733. The Kier molecular flexibility index (Phi) is 2.25. The summed E-state index contributed by atoms with van der Waals surface area (Å²) in [5.74, 6) is 1.18. The second-order valence-corrected chi connectivity index (χ2v) is 5.84. The monoisotopic (exact) mass is 233 g/mol. The predicted octanol–water partition coefficient (Wildman–Crippen LogP) is 3.21. The first kappa shape index (κ1) is 10.2. The van der Waals surface area contributed by atoms with E-state index in [4.69, 9.17) is 0 Å². The highest BCUT2D eigenvalue weighted by Gasteiger charge is 2.45. The number of carbonyl (C=O) groups excluding carboxylic acids is 1. The molecule has 2 nitrogen and oxygen atoms in total. The number of fused-ring (bicyclic) bond motifs is 1. The smallest absolute Gasteiger partial charge is 0.231 e. The van der Waals surface area contributed by atoms with Crippen LogP contribution in [0.25, 0.3) is 0 Å². The summed E-state index contributed by atoms with van der Waals surface area (Å²) in [5.41, 5.74) is 2.12. The van der Waals surface area contributed by atoms with E-state index < -0.39 is 0 Å². The van der Waals surface area contributed by atoms with Gasteiger partial charge in [0.05, 0.1) is 11.1 Å². The topological polar surface area (TPSA) is 29.1 Å². The molecular weight excluding hydrogens is 218 g/mol. The third kappa shape index (κ3) is 1.38. The summed E-state index contributed by atoms with van der Waals surface area (Å²) in [6, 6.07) is 6.22. The Hall–Kier alpha value is -0.960. The number of carbonyl (C=O) groups is 1. The van der Waals surface area contributed by atoms with Gasteiger partial charge in [0.2, 0.25) is 5.91 Å². The molecule has 0 atom stereocenters. The normalized spacial score (nSPS) is 21.9. The molecule has 3 rings (SSSR count). The van der Waals surface area contributed by atoms with Crippen molar-refractivity contribution in [3.05, 3.63) is 23.8 Å². The first-order valence-electron chi connectivity index (χ1n) is 5.75. The number of amides is 1. The molecule has 1 aliphatic heterocycles. The highest BCUT2D eigenvalue weighted by molar-refractivity contribution is 7.99. The zero-order valence-electron chi connectivity index (χ0n) is 9.38. The predicted molar refractivity (Wildman–Crippen MR) is 66.8 cm³/mol. The van der Waals surface area contributed by atoms with Crippen molar-refractivity contribution in [2.24, 2.45) is 5.41 Å². The van der Waals surface area contributed by atoms with Crippen molar-refractivity contribution in [3.8, 4) is 0 Å². The van der Waals surface area contributed by atoms with Crippen molar-refractivity contribution in [2.45, 2.75) is 31.1 Å². The van der Waals surface area contributed by atoms with E-state index in [0.717, 1.165) is 29.8 Å². The molecule has 84 valence electrons. The molecule has 2 aliphatic rings. The standard InChI is InChI=1S/C13H15NOS/c1-9-4-2-5-10-11(9)14-12(15)13(8-16-10)6-3-7-13/h2,4-5H,3,6-8H2,1H3,(H,14,15). The molecule has 1 spiro atoms. The number of para-hydroxylation sites is 1. The summed E-state index contributed by atoms with van der Waals surface area (Å²) in [6.07, 6.45) is 3.31. The maximum Gasteiger partial charge on any atom is 0.231 e. The quantitative estimate of drug-likeness (QED) is 0.745. The number of anilines is 1. The number of benzene rings is 1. The van der Waals surface area contributed by atoms with Crippen LogP contribution in [-0.4, -0.2) is 11.7 Å². The molecule has 0 bridgehead atoms. The lowest BCUT2D eigenvalue weighted by atomic mass is 9.69. The zero-order chi connectivity index (χ0) is 11.2. The van der Waals surface area contributed by atoms with Gasteiger partial charge in [-0.3, -0.25) is 4.79 Å². The average Bonchev–Trinajstić information content (AvgIpc) is 2.35. The Morgan fingerprint density at radius 1 is 1.38 bits per heavy atom. The van der Waals surface area contributed by atoms with Gasteiger partial charge in [-0.15, -0.1) is 11.8 Å². The van der Waals surface area contributed by atoms with Crippen LogP contribution in [0, 0.1) is 12.3 Å². The van der Waals surface area contributed by atoms with Crippen LogP contribution < -0.4 is 5.32 Å². The minimum Gasteiger partial charge on any atom is -0.324 e. The van der Waals surface area contributed by atoms with Crippen molar-refractivity contribution in [2.75, 3.05) is 11.1 Å². The van der Waals surface area contributed by atoms with Gasteiger partial charge in [0, 0.05) is 10.6 Å². The molecule has 0 saturated heterocycles. The van der Waals surface area contributed by atoms with Gasteiger partial charge in [-0.1, -0.05) is 18.6 Å². The van der Waals surface area contributed by atoms with Crippen LogP contribution in [-0.2, 0) is 4.79 Å². The molecule has 1 amide bonds. The molecule has 1 N–H and O–H groups in total. The molecule has 1 heterocycles. The zero-order valence-corrected chi connectivity index (χ0v) is 10.2. The van der Waals surface area contributed by atoms with Gasteiger partial charge in [-0.25, -0.2) is 0 Å². The molecule has 1 aliphatic carbocycles. The van der Waals surface area contributed by atoms with E-state index in [2.05, 4.69) is 30.4 Å². The van der Waals surface area contributed by atoms with E-state index in [1.54, 1.807) is 0 Å². The number of aryl methyl sites for hydroxylation is 1. The third-order valence-corrected chi connectivity index (χ3v) is 5.12. The fourth-order valence-corrected chi connectivity index (χ4v) is 3.81. The molecule has 1 aromatic rings. The number of hydrogen-bond acceptors (Lipinski definition) is 2. The Bertz CT molecular complexity index is 451. The molecule has 1 fully saturated rings. The largest absolute Gasteiger partial charge is 0.324 e. The molecule has 1 aromatic carbocycles. The molecule has 0 radical (unpaired) electrons. The highest BCUT2D eigenvalue weighted by Crippen LogP contribution is 2.49. The number of nitrogens with one attached hydrogen (secondary N) is 1. The van der Waals surface area contributed by atoms with Crippen LogP contribution >= 0.6 is 11.8 Å². The molecular formula is C13H15NOS. The maximum atomic E-state index is 12.2. The van der Waals surface area contributed by atoms with E-state index in [1.807, 2.05) is 11.8 Å².